The summed E-state index contributed by atoms with van der Waals surface area (Å²) in [6.07, 6.45) is 0.636. The highest BCUT2D eigenvalue weighted by molar-refractivity contribution is 6.08. The van der Waals surface area contributed by atoms with E-state index in [1.54, 1.807) is 18.9 Å². The van der Waals surface area contributed by atoms with Gasteiger partial charge in [0.25, 0.3) is 0 Å². The van der Waals surface area contributed by atoms with Crippen LogP contribution in [0.25, 0.3) is 11.0 Å². The predicted octanol–water partition coefficient (Wildman–Crippen LogP) is 3.19. The maximum absolute atomic E-state index is 13.6. The number of methoxy groups -OCH3 is 1. The van der Waals surface area contributed by atoms with E-state index in [1.165, 1.54) is 0 Å². The Morgan fingerprint density at radius 1 is 1.10 bits per heavy atom. The lowest BCUT2D eigenvalue weighted by atomic mass is 9.89. The number of benzene rings is 2. The highest BCUT2D eigenvalue weighted by Crippen LogP contribution is 2.41. The Hall–Kier alpha value is -3.19. The molecule has 0 bridgehead atoms. The number of aromatic nitrogens is 2. The average Bonchev–Trinajstić information content (AvgIpc) is 3.14. The third kappa shape index (κ3) is 3.45. The summed E-state index contributed by atoms with van der Waals surface area (Å²) in [4.78, 5) is 32.9. The van der Waals surface area contributed by atoms with Crippen molar-refractivity contribution < 1.29 is 19.1 Å². The van der Waals surface area contributed by atoms with Gasteiger partial charge in [-0.15, -0.1) is 0 Å². The van der Waals surface area contributed by atoms with Crippen molar-refractivity contribution in [2.24, 2.45) is 5.92 Å². The van der Waals surface area contributed by atoms with Crippen LogP contribution in [-0.4, -0.2) is 48.3 Å². The molecular formula is C23H25N3O4. The minimum absolute atomic E-state index is 0.214. The van der Waals surface area contributed by atoms with E-state index in [0.29, 0.717) is 25.5 Å². The molecule has 0 N–H and O–H groups in total. The second-order valence-electron chi connectivity index (χ2n) is 7.19. The summed E-state index contributed by atoms with van der Waals surface area (Å²) in [6, 6.07) is 16.8. The number of esters is 1. The fourth-order valence-corrected chi connectivity index (χ4v) is 4.08. The monoisotopic (exact) mass is 407 g/mol. The van der Waals surface area contributed by atoms with Gasteiger partial charge in [-0.3, -0.25) is 14.5 Å². The maximum Gasteiger partial charge on any atom is 0.321 e. The topological polar surface area (TPSA) is 73.7 Å². The van der Waals surface area contributed by atoms with E-state index in [4.69, 9.17) is 14.5 Å². The number of fused-ring (bicyclic) bond motifs is 3. The van der Waals surface area contributed by atoms with E-state index >= 15 is 0 Å². The van der Waals surface area contributed by atoms with E-state index < -0.39 is 17.9 Å². The Bertz CT molecular complexity index is 1050. The molecule has 2 atom stereocenters. The lowest BCUT2D eigenvalue weighted by Gasteiger charge is -2.38. The number of para-hydroxylation sites is 2. The molecule has 0 radical (unpaired) electrons. The molecule has 30 heavy (non-hydrogen) atoms. The largest absolute Gasteiger partial charge is 0.465 e. The Morgan fingerprint density at radius 3 is 2.57 bits per heavy atom. The minimum atomic E-state index is -0.986. The lowest BCUT2D eigenvalue weighted by Crippen LogP contribution is -2.50. The molecule has 156 valence electrons. The molecular weight excluding hydrogens is 382 g/mol. The molecule has 3 aromatic rings. The number of nitrogens with zero attached hydrogens (tertiary/aromatic N) is 3. The first kappa shape index (κ1) is 20.1. The molecule has 0 unspecified atom stereocenters. The predicted molar refractivity (Wildman–Crippen MR) is 113 cm³/mol. The van der Waals surface area contributed by atoms with Crippen molar-refractivity contribution in [3.05, 3.63) is 60.2 Å². The summed E-state index contributed by atoms with van der Waals surface area (Å²) in [5.41, 5.74) is 2.52. The molecule has 2 aromatic carbocycles. The molecule has 0 aliphatic carbocycles. The van der Waals surface area contributed by atoms with E-state index in [2.05, 4.69) is 0 Å². The van der Waals surface area contributed by atoms with Gasteiger partial charge in [-0.05, 0) is 31.0 Å². The molecule has 4 rings (SSSR count). The first-order valence-electron chi connectivity index (χ1n) is 10.2. The molecule has 1 aliphatic rings. The van der Waals surface area contributed by atoms with Crippen LogP contribution in [0.4, 0.5) is 5.95 Å². The number of anilines is 1. The molecule has 0 spiro atoms. The number of carbonyl (C=O) groups excluding carboxylic acids is 2. The summed E-state index contributed by atoms with van der Waals surface area (Å²) in [7, 11) is 1.63. The van der Waals surface area contributed by atoms with Gasteiger partial charge in [0.1, 0.15) is 0 Å². The normalized spacial score (nSPS) is 18.5. The zero-order valence-electron chi connectivity index (χ0n) is 17.2. The van der Waals surface area contributed by atoms with Crippen LogP contribution < -0.4 is 4.90 Å². The van der Waals surface area contributed by atoms with Crippen molar-refractivity contribution in [2.45, 2.75) is 19.4 Å². The summed E-state index contributed by atoms with van der Waals surface area (Å²) < 4.78 is 12.5. The Morgan fingerprint density at radius 2 is 1.83 bits per heavy atom. The minimum Gasteiger partial charge on any atom is -0.465 e. The second-order valence-corrected chi connectivity index (χ2v) is 7.19. The van der Waals surface area contributed by atoms with E-state index in [9.17, 15) is 9.59 Å². The SMILES string of the molecule is CCOC(=O)[C@@H]1C(=O)N(CCCOC)c2nc3ccccc3n2[C@H]1c1ccccc1. The smallest absolute Gasteiger partial charge is 0.321 e. The summed E-state index contributed by atoms with van der Waals surface area (Å²) in [5.74, 6) is -1.25. The lowest BCUT2D eigenvalue weighted by molar-refractivity contribution is -0.153. The van der Waals surface area contributed by atoms with Crippen molar-refractivity contribution >= 4 is 28.9 Å². The van der Waals surface area contributed by atoms with E-state index in [1.807, 2.05) is 59.2 Å². The maximum atomic E-state index is 13.6. The fraction of sp³-hybridized carbons (Fsp3) is 0.348. The molecule has 0 fully saturated rings. The van der Waals surface area contributed by atoms with Crippen molar-refractivity contribution in [1.82, 2.24) is 9.55 Å². The van der Waals surface area contributed by atoms with Crippen molar-refractivity contribution in [1.29, 1.82) is 0 Å². The second kappa shape index (κ2) is 8.67. The molecule has 2 heterocycles. The van der Waals surface area contributed by atoms with Crippen LogP contribution in [0.3, 0.4) is 0 Å². The zero-order valence-corrected chi connectivity index (χ0v) is 17.2. The number of imidazole rings is 1. The molecule has 1 aliphatic heterocycles. The van der Waals surface area contributed by atoms with Gasteiger partial charge < -0.3 is 14.0 Å². The number of hydrogen-bond donors (Lipinski definition) is 0. The van der Waals surface area contributed by atoms with Gasteiger partial charge in [-0.25, -0.2) is 4.98 Å². The van der Waals surface area contributed by atoms with Crippen LogP contribution in [0.15, 0.2) is 54.6 Å². The third-order valence-electron chi connectivity index (χ3n) is 5.36. The van der Waals surface area contributed by atoms with Crippen LogP contribution >= 0.6 is 0 Å². The number of hydrogen-bond acceptors (Lipinski definition) is 5. The van der Waals surface area contributed by atoms with Gasteiger partial charge in [0.15, 0.2) is 5.92 Å². The third-order valence-corrected chi connectivity index (χ3v) is 5.36. The van der Waals surface area contributed by atoms with Crippen molar-refractivity contribution in [3.63, 3.8) is 0 Å². The Balaban J connectivity index is 1.93. The molecule has 1 amide bonds. The average molecular weight is 407 g/mol. The van der Waals surface area contributed by atoms with Gasteiger partial charge in [0.05, 0.1) is 23.7 Å². The van der Waals surface area contributed by atoms with Gasteiger partial charge >= 0.3 is 5.97 Å². The fourth-order valence-electron chi connectivity index (χ4n) is 4.08. The van der Waals surface area contributed by atoms with Crippen molar-refractivity contribution in [2.75, 3.05) is 31.8 Å². The van der Waals surface area contributed by atoms with Gasteiger partial charge in [0.2, 0.25) is 11.9 Å². The molecule has 0 saturated heterocycles. The van der Waals surface area contributed by atoms with Gasteiger partial charge in [0, 0.05) is 20.3 Å². The number of amides is 1. The van der Waals surface area contributed by atoms with Crippen molar-refractivity contribution in [3.8, 4) is 0 Å². The first-order valence-corrected chi connectivity index (χ1v) is 10.2. The van der Waals surface area contributed by atoms with E-state index in [0.717, 1.165) is 16.6 Å². The first-order chi connectivity index (χ1) is 14.7. The Labute approximate surface area is 175 Å². The molecule has 1 aromatic heterocycles. The number of rotatable bonds is 7. The van der Waals surface area contributed by atoms with Crippen LogP contribution in [0.1, 0.15) is 24.9 Å². The standard InChI is InChI=1S/C23H25N3O4/c1-3-30-22(28)19-20(16-10-5-4-6-11-16)26-18-13-8-7-12-17(18)24-23(26)25(21(19)27)14-9-15-29-2/h4-8,10-13,19-20H,3,9,14-15H2,1-2H3/t19-,20-/m0/s1. The number of carbonyl (C=O) groups is 2. The van der Waals surface area contributed by atoms with Crippen LogP contribution in [-0.2, 0) is 19.1 Å². The van der Waals surface area contributed by atoms with E-state index in [-0.39, 0.29) is 12.5 Å². The highest BCUT2D eigenvalue weighted by Gasteiger charge is 2.47. The summed E-state index contributed by atoms with van der Waals surface area (Å²) in [6.45, 7) is 2.88. The van der Waals surface area contributed by atoms with Crippen LogP contribution in [0.2, 0.25) is 0 Å². The zero-order chi connectivity index (χ0) is 21.1. The molecule has 0 saturated carbocycles. The Kier molecular flexibility index (Phi) is 5.81. The summed E-state index contributed by atoms with van der Waals surface area (Å²) >= 11 is 0. The molecule has 7 heteroatoms. The van der Waals surface area contributed by atoms with Crippen LogP contribution in [0, 0.1) is 5.92 Å². The van der Waals surface area contributed by atoms with Gasteiger partial charge in [-0.2, -0.15) is 0 Å². The number of ether oxygens (including phenoxy) is 2. The highest BCUT2D eigenvalue weighted by atomic mass is 16.5. The molecule has 7 nitrogen and oxygen atoms in total. The quantitative estimate of drug-likeness (QED) is 0.342. The summed E-state index contributed by atoms with van der Waals surface area (Å²) in [5, 5.41) is 0. The van der Waals surface area contributed by atoms with Gasteiger partial charge in [-0.1, -0.05) is 42.5 Å². The van der Waals surface area contributed by atoms with Crippen LogP contribution in [0.5, 0.6) is 0 Å².